The Hall–Kier alpha value is -3.44. The number of carbonyl (C=O) groups is 2. The second-order valence-electron chi connectivity index (χ2n) is 10.1. The van der Waals surface area contributed by atoms with Crippen molar-refractivity contribution in [2.75, 3.05) is 0 Å². The van der Waals surface area contributed by atoms with E-state index in [1.165, 1.54) is 11.1 Å². The minimum Gasteiger partial charge on any atom is -0.479 e. The molecule has 3 aromatic carbocycles. The smallest absolute Gasteiger partial charge is 0.337 e. The van der Waals surface area contributed by atoms with Crippen LogP contribution in [0.5, 0.6) is 5.75 Å². The number of aliphatic carboxylic acids is 1. The molecule has 0 fully saturated rings. The quantitative estimate of drug-likeness (QED) is 0.308. The zero-order chi connectivity index (χ0) is 26.7. The number of aliphatic hydroxyl groups is 1. The Labute approximate surface area is 213 Å². The molecule has 190 valence electrons. The van der Waals surface area contributed by atoms with Crippen LogP contribution in [-0.4, -0.2) is 22.2 Å². The lowest BCUT2D eigenvalue weighted by molar-refractivity contribution is -0.147. The molecule has 5 nitrogen and oxygen atoms in total. The van der Waals surface area contributed by atoms with Crippen molar-refractivity contribution in [3.05, 3.63) is 99.1 Å². The molecule has 0 aromatic heterocycles. The van der Waals surface area contributed by atoms with Crippen LogP contribution in [0.4, 0.5) is 0 Å². The van der Waals surface area contributed by atoms with Crippen LogP contribution >= 0.6 is 0 Å². The van der Waals surface area contributed by atoms with Gasteiger partial charge in [0.15, 0.2) is 6.10 Å². The van der Waals surface area contributed by atoms with Gasteiger partial charge in [0.2, 0.25) is 0 Å². The summed E-state index contributed by atoms with van der Waals surface area (Å²) in [6.45, 7) is 14.6. The fraction of sp³-hybridized carbons (Fsp3) is 0.355. The van der Waals surface area contributed by atoms with Crippen LogP contribution in [0, 0.1) is 20.8 Å². The lowest BCUT2D eigenvalue weighted by Crippen LogP contribution is -2.12. The third-order valence-electron chi connectivity index (χ3n) is 6.85. The van der Waals surface area contributed by atoms with Crippen molar-refractivity contribution in [3.63, 3.8) is 0 Å². The van der Waals surface area contributed by atoms with Gasteiger partial charge in [-0.2, -0.15) is 0 Å². The van der Waals surface area contributed by atoms with Gasteiger partial charge in [-0.25, -0.2) is 4.79 Å². The number of fused-ring (bicyclic) bond motifs is 1. The van der Waals surface area contributed by atoms with E-state index in [9.17, 15) is 14.7 Å². The number of benzene rings is 3. The van der Waals surface area contributed by atoms with Crippen LogP contribution in [-0.2, 0) is 9.59 Å². The Morgan fingerprint density at radius 3 is 1.75 bits per heavy atom. The number of aliphatic hydroxyl groups excluding tert-OH is 1. The summed E-state index contributed by atoms with van der Waals surface area (Å²) in [6, 6.07) is 17.5. The molecule has 5 heteroatoms. The van der Waals surface area contributed by atoms with E-state index in [1.54, 1.807) is 12.1 Å². The number of rotatable bonds is 5. The zero-order valence-corrected chi connectivity index (χ0v) is 22.1. The van der Waals surface area contributed by atoms with Gasteiger partial charge in [-0.15, -0.1) is 0 Å². The average Bonchev–Trinajstić information content (AvgIpc) is 3.20. The zero-order valence-electron chi connectivity index (χ0n) is 22.1. The summed E-state index contributed by atoms with van der Waals surface area (Å²) in [7, 11) is 0. The molecule has 0 saturated heterocycles. The first-order chi connectivity index (χ1) is 16.9. The van der Waals surface area contributed by atoms with Gasteiger partial charge < -0.3 is 14.9 Å². The van der Waals surface area contributed by atoms with Gasteiger partial charge >= 0.3 is 11.9 Å². The summed E-state index contributed by atoms with van der Waals surface area (Å²) in [5, 5.41) is 17.8. The minimum absolute atomic E-state index is 0.163. The molecule has 1 aliphatic rings. The van der Waals surface area contributed by atoms with E-state index in [-0.39, 0.29) is 11.9 Å². The van der Waals surface area contributed by atoms with Crippen molar-refractivity contribution in [1.82, 2.24) is 0 Å². The van der Waals surface area contributed by atoms with Crippen molar-refractivity contribution in [3.8, 4) is 5.75 Å². The van der Waals surface area contributed by atoms with Crippen LogP contribution in [0.15, 0.2) is 54.6 Å². The van der Waals surface area contributed by atoms with Crippen LogP contribution in [0.25, 0.3) is 0 Å². The molecular formula is C31H36O5. The maximum atomic E-state index is 12.4. The van der Waals surface area contributed by atoms with Crippen LogP contribution in [0.2, 0.25) is 0 Å². The Kier molecular flexibility index (Phi) is 8.36. The number of ether oxygens (including phenoxy) is 1. The molecule has 2 atom stereocenters. The van der Waals surface area contributed by atoms with Gasteiger partial charge in [0, 0.05) is 5.56 Å². The van der Waals surface area contributed by atoms with Gasteiger partial charge in [-0.1, -0.05) is 82.3 Å². The Morgan fingerprint density at radius 1 is 0.806 bits per heavy atom. The highest BCUT2D eigenvalue weighted by molar-refractivity contribution is 5.91. The average molecular weight is 489 g/mol. The summed E-state index contributed by atoms with van der Waals surface area (Å²) >= 11 is 0. The fourth-order valence-corrected chi connectivity index (χ4v) is 4.42. The first kappa shape index (κ1) is 27.2. The predicted molar refractivity (Wildman–Crippen MR) is 142 cm³/mol. The van der Waals surface area contributed by atoms with Crippen LogP contribution < -0.4 is 4.74 Å². The molecule has 1 aliphatic heterocycles. The number of esters is 1. The number of carboxylic acid groups (broad SMARTS) is 1. The fourth-order valence-electron chi connectivity index (χ4n) is 4.42. The molecular weight excluding hydrogens is 452 g/mol. The molecule has 36 heavy (non-hydrogen) atoms. The van der Waals surface area contributed by atoms with Crippen molar-refractivity contribution in [2.24, 2.45) is 0 Å². The monoisotopic (exact) mass is 488 g/mol. The SMILES string of the molecule is CC(C)c1ccc(C(O)C(=O)O)cc1.Cc1cc(C)c2c(c1C)OC(=O)C2c1ccc(C(C)C)cc1. The largest absolute Gasteiger partial charge is 0.479 e. The molecule has 3 aromatic rings. The third-order valence-corrected chi connectivity index (χ3v) is 6.85. The first-order valence-corrected chi connectivity index (χ1v) is 12.3. The Balaban J connectivity index is 0.000000223. The summed E-state index contributed by atoms with van der Waals surface area (Å²) < 4.78 is 5.61. The lowest BCUT2D eigenvalue weighted by Gasteiger charge is -2.13. The van der Waals surface area contributed by atoms with Gasteiger partial charge in [0.25, 0.3) is 0 Å². The molecule has 2 unspecified atom stereocenters. The van der Waals surface area contributed by atoms with Crippen molar-refractivity contribution >= 4 is 11.9 Å². The van der Waals surface area contributed by atoms with E-state index in [4.69, 9.17) is 9.84 Å². The molecule has 4 rings (SSSR count). The van der Waals surface area contributed by atoms with Crippen LogP contribution in [0.1, 0.15) is 96.1 Å². The summed E-state index contributed by atoms with van der Waals surface area (Å²) in [4.78, 5) is 22.9. The predicted octanol–water partition coefficient (Wildman–Crippen LogP) is 6.71. The summed E-state index contributed by atoms with van der Waals surface area (Å²) in [6.07, 6.45) is -1.42. The molecule has 0 aliphatic carbocycles. The molecule has 1 heterocycles. The van der Waals surface area contributed by atoms with Gasteiger partial charge in [0.1, 0.15) is 11.7 Å². The molecule has 2 N–H and O–H groups in total. The Bertz CT molecular complexity index is 1240. The highest BCUT2D eigenvalue weighted by Crippen LogP contribution is 2.44. The van der Waals surface area contributed by atoms with E-state index in [0.29, 0.717) is 17.4 Å². The maximum absolute atomic E-state index is 12.4. The summed E-state index contributed by atoms with van der Waals surface area (Å²) in [5.74, 6) is -0.0168. The van der Waals surface area contributed by atoms with E-state index in [2.05, 4.69) is 71.9 Å². The third kappa shape index (κ3) is 5.68. The highest BCUT2D eigenvalue weighted by Gasteiger charge is 2.37. The van der Waals surface area contributed by atoms with Gasteiger partial charge in [0.05, 0.1) is 0 Å². The van der Waals surface area contributed by atoms with Crippen LogP contribution in [0.3, 0.4) is 0 Å². The molecule has 0 bridgehead atoms. The maximum Gasteiger partial charge on any atom is 0.337 e. The second kappa shape index (κ2) is 11.1. The highest BCUT2D eigenvalue weighted by atomic mass is 16.5. The minimum atomic E-state index is -1.42. The number of hydrogen-bond acceptors (Lipinski definition) is 4. The van der Waals surface area contributed by atoms with E-state index in [1.807, 2.05) is 19.1 Å². The first-order valence-electron chi connectivity index (χ1n) is 12.3. The lowest BCUT2D eigenvalue weighted by atomic mass is 9.86. The Morgan fingerprint density at radius 2 is 1.28 bits per heavy atom. The molecule has 0 spiro atoms. The normalized spacial score (nSPS) is 15.3. The molecule has 0 saturated carbocycles. The standard InChI is InChI=1S/C20H22O2.C11H14O3/c1-11(2)15-6-8-16(9-7-15)18-17-13(4)10-12(3)14(5)19(17)22-20(18)21;1-7(2)8-3-5-9(6-4-8)10(12)11(13)14/h6-11,18H,1-5H3;3-7,10,12H,1-2H3,(H,13,14). The number of carbonyl (C=O) groups excluding carboxylic acids is 1. The molecule has 0 amide bonds. The second-order valence-corrected chi connectivity index (χ2v) is 10.1. The topological polar surface area (TPSA) is 83.8 Å². The molecule has 0 radical (unpaired) electrons. The van der Waals surface area contributed by atoms with E-state index < -0.39 is 12.1 Å². The number of carboxylic acids is 1. The van der Waals surface area contributed by atoms with Crippen molar-refractivity contribution < 1.29 is 24.5 Å². The van der Waals surface area contributed by atoms with E-state index in [0.717, 1.165) is 33.6 Å². The van der Waals surface area contributed by atoms with Gasteiger partial charge in [-0.3, -0.25) is 4.79 Å². The number of hydrogen-bond donors (Lipinski definition) is 2. The van der Waals surface area contributed by atoms with E-state index >= 15 is 0 Å². The summed E-state index contributed by atoms with van der Waals surface area (Å²) in [5.41, 5.74) is 8.24. The van der Waals surface area contributed by atoms with Crippen molar-refractivity contribution in [1.29, 1.82) is 0 Å². The number of aryl methyl sites for hydroxylation is 2. The van der Waals surface area contributed by atoms with Crippen molar-refractivity contribution in [2.45, 2.75) is 72.3 Å². The van der Waals surface area contributed by atoms with Gasteiger partial charge in [-0.05, 0) is 71.6 Å².